The fraction of sp³-hybridized carbons (Fsp3) is 0.250. The Labute approximate surface area is 123 Å². The molecule has 0 aliphatic carbocycles. The van der Waals surface area contributed by atoms with Crippen molar-refractivity contribution < 1.29 is 4.79 Å². The van der Waals surface area contributed by atoms with Gasteiger partial charge in [-0.25, -0.2) is 10.8 Å². The van der Waals surface area contributed by atoms with Crippen LogP contribution in [0.1, 0.15) is 21.5 Å². The van der Waals surface area contributed by atoms with Gasteiger partial charge >= 0.3 is 0 Å². The summed E-state index contributed by atoms with van der Waals surface area (Å²) in [4.78, 5) is 18.6. The summed E-state index contributed by atoms with van der Waals surface area (Å²) in [5, 5.41) is 0. The first-order valence-corrected chi connectivity index (χ1v) is 7.07. The minimum Gasteiger partial charge on any atom is -0.338 e. The Morgan fingerprint density at radius 1 is 1.10 bits per heavy atom. The minimum atomic E-state index is -0.0242. The number of hydrazine groups is 1. The number of nitrogens with zero attached hydrogens (tertiary/aromatic N) is 2. The lowest BCUT2D eigenvalue weighted by molar-refractivity contribution is 0.0763. The molecule has 1 aromatic carbocycles. The van der Waals surface area contributed by atoms with Crippen LogP contribution in [0.15, 0.2) is 42.6 Å². The summed E-state index contributed by atoms with van der Waals surface area (Å²) in [6.07, 6.45) is 3.38. The zero-order valence-electron chi connectivity index (χ0n) is 11.7. The fourth-order valence-electron chi connectivity index (χ4n) is 2.73. The number of carbonyl (C=O) groups is 1. The van der Waals surface area contributed by atoms with E-state index >= 15 is 0 Å². The van der Waals surface area contributed by atoms with Crippen LogP contribution in [-0.2, 0) is 12.8 Å². The number of nitrogens with one attached hydrogen (secondary N) is 1. The molecule has 1 amide bonds. The second-order valence-corrected chi connectivity index (χ2v) is 5.10. The monoisotopic (exact) mass is 282 g/mol. The van der Waals surface area contributed by atoms with Gasteiger partial charge in [-0.15, -0.1) is 0 Å². The van der Waals surface area contributed by atoms with Gasteiger partial charge in [-0.2, -0.15) is 0 Å². The van der Waals surface area contributed by atoms with Gasteiger partial charge in [0, 0.05) is 19.3 Å². The number of carbonyl (C=O) groups excluding carboxylic acids is 1. The summed E-state index contributed by atoms with van der Waals surface area (Å²) >= 11 is 0. The lowest BCUT2D eigenvalue weighted by atomic mass is 10.0. The Morgan fingerprint density at radius 3 is 2.38 bits per heavy atom. The molecule has 0 unspecified atom stereocenters. The summed E-state index contributed by atoms with van der Waals surface area (Å²) in [5.74, 6) is 5.83. The van der Waals surface area contributed by atoms with E-state index in [2.05, 4.69) is 22.5 Å². The number of fused-ring (bicyclic) bond motifs is 1. The van der Waals surface area contributed by atoms with E-state index in [-0.39, 0.29) is 5.91 Å². The average molecular weight is 282 g/mol. The molecule has 2 heterocycles. The van der Waals surface area contributed by atoms with Crippen molar-refractivity contribution >= 4 is 11.7 Å². The fourth-order valence-corrected chi connectivity index (χ4v) is 2.73. The predicted molar refractivity (Wildman–Crippen MR) is 81.8 cm³/mol. The molecule has 0 atom stereocenters. The van der Waals surface area contributed by atoms with E-state index in [0.717, 1.165) is 25.9 Å². The van der Waals surface area contributed by atoms with Crippen LogP contribution < -0.4 is 11.3 Å². The lowest BCUT2D eigenvalue weighted by Gasteiger charge is -2.21. The first-order valence-electron chi connectivity index (χ1n) is 7.07. The van der Waals surface area contributed by atoms with Gasteiger partial charge < -0.3 is 10.3 Å². The zero-order valence-corrected chi connectivity index (χ0v) is 11.7. The van der Waals surface area contributed by atoms with Crippen molar-refractivity contribution in [3.8, 4) is 0 Å². The van der Waals surface area contributed by atoms with Crippen LogP contribution in [0.25, 0.3) is 0 Å². The van der Waals surface area contributed by atoms with Gasteiger partial charge in [0.15, 0.2) is 5.82 Å². The summed E-state index contributed by atoms with van der Waals surface area (Å²) in [6, 6.07) is 11.9. The number of nitrogens with two attached hydrogens (primary N) is 1. The molecule has 0 fully saturated rings. The molecule has 0 saturated heterocycles. The molecular formula is C16H18N4O. The van der Waals surface area contributed by atoms with Gasteiger partial charge in [0.2, 0.25) is 0 Å². The maximum Gasteiger partial charge on any atom is 0.257 e. The molecule has 21 heavy (non-hydrogen) atoms. The van der Waals surface area contributed by atoms with Crippen LogP contribution in [0.4, 0.5) is 5.82 Å². The van der Waals surface area contributed by atoms with Gasteiger partial charge in [-0.05, 0) is 36.1 Å². The molecule has 3 N–H and O–H groups in total. The van der Waals surface area contributed by atoms with Crippen LogP contribution in [0.2, 0.25) is 0 Å². The quantitative estimate of drug-likeness (QED) is 0.648. The number of aromatic nitrogens is 1. The van der Waals surface area contributed by atoms with Crippen LogP contribution in [-0.4, -0.2) is 28.9 Å². The Hall–Kier alpha value is -2.40. The van der Waals surface area contributed by atoms with E-state index in [1.807, 2.05) is 17.0 Å². The Balaban J connectivity index is 1.81. The summed E-state index contributed by atoms with van der Waals surface area (Å²) in [5.41, 5.74) is 5.67. The zero-order chi connectivity index (χ0) is 14.7. The number of rotatable bonds is 2. The highest BCUT2D eigenvalue weighted by Crippen LogP contribution is 2.19. The van der Waals surface area contributed by atoms with Crippen molar-refractivity contribution in [2.24, 2.45) is 5.84 Å². The van der Waals surface area contributed by atoms with Gasteiger partial charge in [0.25, 0.3) is 5.91 Å². The number of hydrogen-bond donors (Lipinski definition) is 2. The smallest absolute Gasteiger partial charge is 0.257 e. The van der Waals surface area contributed by atoms with Crippen molar-refractivity contribution in [1.29, 1.82) is 0 Å². The topological polar surface area (TPSA) is 71.2 Å². The maximum atomic E-state index is 12.7. The molecule has 0 saturated carbocycles. The summed E-state index contributed by atoms with van der Waals surface area (Å²) in [7, 11) is 0. The summed E-state index contributed by atoms with van der Waals surface area (Å²) < 4.78 is 0. The van der Waals surface area contributed by atoms with Crippen molar-refractivity contribution in [2.75, 3.05) is 18.5 Å². The van der Waals surface area contributed by atoms with Crippen LogP contribution >= 0.6 is 0 Å². The standard InChI is InChI=1S/C16H18N4O/c17-19-15-14(6-3-9-18-15)16(21)20-10-7-12-4-1-2-5-13(12)8-11-20/h1-6,9H,7-8,10-11,17H2,(H,18,19). The highest BCUT2D eigenvalue weighted by Gasteiger charge is 2.21. The molecular weight excluding hydrogens is 264 g/mol. The molecule has 2 aromatic rings. The Bertz CT molecular complexity index is 629. The molecule has 0 spiro atoms. The molecule has 108 valence electrons. The molecule has 5 heteroatoms. The number of benzene rings is 1. The second-order valence-electron chi connectivity index (χ2n) is 5.10. The average Bonchev–Trinajstić information content (AvgIpc) is 2.77. The third-order valence-electron chi connectivity index (χ3n) is 3.88. The van der Waals surface area contributed by atoms with Gasteiger partial charge in [-0.1, -0.05) is 24.3 Å². The van der Waals surface area contributed by atoms with E-state index in [0.29, 0.717) is 11.4 Å². The van der Waals surface area contributed by atoms with Crippen molar-refractivity contribution in [3.63, 3.8) is 0 Å². The molecule has 1 aliphatic rings. The van der Waals surface area contributed by atoms with E-state index < -0.39 is 0 Å². The van der Waals surface area contributed by atoms with Gasteiger partial charge in [0.1, 0.15) is 0 Å². The Morgan fingerprint density at radius 2 is 1.76 bits per heavy atom. The number of nitrogen functional groups attached to an aromatic ring is 1. The number of amides is 1. The molecule has 1 aliphatic heterocycles. The van der Waals surface area contributed by atoms with E-state index in [4.69, 9.17) is 5.84 Å². The van der Waals surface area contributed by atoms with Crippen LogP contribution in [0.3, 0.4) is 0 Å². The number of anilines is 1. The van der Waals surface area contributed by atoms with Gasteiger partial charge in [0.05, 0.1) is 5.56 Å². The minimum absolute atomic E-state index is 0.0242. The number of pyridine rings is 1. The van der Waals surface area contributed by atoms with E-state index in [1.165, 1.54) is 11.1 Å². The molecule has 1 aromatic heterocycles. The molecule has 3 rings (SSSR count). The first kappa shape index (κ1) is 13.6. The van der Waals surface area contributed by atoms with Crippen LogP contribution in [0.5, 0.6) is 0 Å². The Kier molecular flexibility index (Phi) is 3.83. The summed E-state index contributed by atoms with van der Waals surface area (Å²) in [6.45, 7) is 1.43. The highest BCUT2D eigenvalue weighted by atomic mass is 16.2. The van der Waals surface area contributed by atoms with E-state index in [1.54, 1.807) is 18.3 Å². The SMILES string of the molecule is NNc1ncccc1C(=O)N1CCc2ccccc2CC1. The molecule has 5 nitrogen and oxygen atoms in total. The van der Waals surface area contributed by atoms with Crippen molar-refractivity contribution in [3.05, 3.63) is 59.3 Å². The molecule has 0 radical (unpaired) electrons. The lowest BCUT2D eigenvalue weighted by Crippen LogP contribution is -2.34. The van der Waals surface area contributed by atoms with Crippen molar-refractivity contribution in [1.82, 2.24) is 9.88 Å². The highest BCUT2D eigenvalue weighted by molar-refractivity contribution is 5.98. The predicted octanol–water partition coefficient (Wildman–Crippen LogP) is 1.61. The third kappa shape index (κ3) is 2.73. The number of hydrogen-bond acceptors (Lipinski definition) is 4. The van der Waals surface area contributed by atoms with E-state index in [9.17, 15) is 4.79 Å². The van der Waals surface area contributed by atoms with Gasteiger partial charge in [-0.3, -0.25) is 4.79 Å². The van der Waals surface area contributed by atoms with Crippen LogP contribution in [0, 0.1) is 0 Å². The first-order chi connectivity index (χ1) is 10.3. The third-order valence-corrected chi connectivity index (χ3v) is 3.88. The normalized spacial score (nSPS) is 14.2. The molecule has 0 bridgehead atoms. The maximum absolute atomic E-state index is 12.7. The largest absolute Gasteiger partial charge is 0.338 e. The second kappa shape index (κ2) is 5.93. The van der Waals surface area contributed by atoms with Crippen molar-refractivity contribution in [2.45, 2.75) is 12.8 Å².